The zero-order valence-electron chi connectivity index (χ0n) is 9.88. The Morgan fingerprint density at radius 1 is 1.18 bits per heavy atom. The van der Waals surface area contributed by atoms with E-state index in [0.717, 1.165) is 12.1 Å². The Balaban J connectivity index is 2.64. The van der Waals surface area contributed by atoms with Crippen LogP contribution in [0.25, 0.3) is 0 Å². The highest BCUT2D eigenvalue weighted by atomic mass is 19.4. The van der Waals surface area contributed by atoms with Crippen LogP contribution >= 0.6 is 0 Å². The van der Waals surface area contributed by atoms with Crippen LogP contribution in [0.2, 0.25) is 0 Å². The molecule has 0 atom stereocenters. The van der Waals surface area contributed by atoms with Gasteiger partial charge in [0.15, 0.2) is 0 Å². The molecule has 0 N–H and O–H groups in total. The fourth-order valence-electron chi connectivity index (χ4n) is 1.42. The molecule has 0 bridgehead atoms. The number of methoxy groups -OCH3 is 1. The van der Waals surface area contributed by atoms with Crippen LogP contribution in [0, 0.1) is 6.92 Å². The molecule has 0 spiro atoms. The van der Waals surface area contributed by atoms with Crippen LogP contribution in [-0.4, -0.2) is 27.3 Å². The molecular weight excluding hydrogens is 232 g/mol. The zero-order chi connectivity index (χ0) is 12.9. The molecule has 1 rings (SSSR count). The predicted octanol–water partition coefficient (Wildman–Crippen LogP) is 2.46. The van der Waals surface area contributed by atoms with Gasteiger partial charge in [-0.25, -0.2) is 0 Å². The van der Waals surface area contributed by atoms with Crippen LogP contribution in [0.15, 0.2) is 18.2 Å². The standard InChI is InChI=1S/C11H15BF3O2/c1-9-8-10(12(13,14)15)4-5-11(9)17-7-3-6-16-2/h4-5,8H,3,6-7H2,1-2H3/q-1. The van der Waals surface area contributed by atoms with Gasteiger partial charge in [-0.05, 0) is 18.6 Å². The second-order valence-electron chi connectivity index (χ2n) is 3.79. The molecule has 1 aromatic rings. The van der Waals surface area contributed by atoms with E-state index in [1.54, 1.807) is 14.0 Å². The number of benzene rings is 1. The molecule has 0 radical (unpaired) electrons. The molecule has 0 unspecified atom stereocenters. The third-order valence-corrected chi connectivity index (χ3v) is 2.33. The van der Waals surface area contributed by atoms with Gasteiger partial charge in [-0.2, -0.15) is 0 Å². The van der Waals surface area contributed by atoms with E-state index in [2.05, 4.69) is 0 Å². The largest absolute Gasteiger partial charge is 0.509 e. The average Bonchev–Trinajstić information content (AvgIpc) is 2.24. The normalized spacial score (nSPS) is 11.6. The molecule has 96 valence electrons. The van der Waals surface area contributed by atoms with E-state index in [1.165, 1.54) is 6.07 Å². The highest BCUT2D eigenvalue weighted by Crippen LogP contribution is 2.19. The molecule has 6 heteroatoms. The first-order valence-electron chi connectivity index (χ1n) is 5.37. The number of halogens is 3. The summed E-state index contributed by atoms with van der Waals surface area (Å²) in [5, 5.41) is 0. The summed E-state index contributed by atoms with van der Waals surface area (Å²) in [7, 11) is 1.59. The van der Waals surface area contributed by atoms with Crippen molar-refractivity contribution in [2.75, 3.05) is 20.3 Å². The molecule has 1 aromatic carbocycles. The summed E-state index contributed by atoms with van der Waals surface area (Å²) in [4.78, 5) is 0. The molecule has 0 aliphatic rings. The molecule has 2 nitrogen and oxygen atoms in total. The fourth-order valence-corrected chi connectivity index (χ4v) is 1.42. The summed E-state index contributed by atoms with van der Waals surface area (Å²) in [6, 6.07) is 3.54. The maximum atomic E-state index is 12.5. The van der Waals surface area contributed by atoms with Gasteiger partial charge in [0.2, 0.25) is 0 Å². The Hall–Kier alpha value is -1.17. The lowest BCUT2D eigenvalue weighted by atomic mass is 9.79. The van der Waals surface area contributed by atoms with Crippen molar-refractivity contribution < 1.29 is 22.4 Å². The molecule has 0 saturated heterocycles. The number of aryl methyl sites for hydroxylation is 1. The van der Waals surface area contributed by atoms with E-state index in [-0.39, 0.29) is 0 Å². The molecule has 17 heavy (non-hydrogen) atoms. The number of hydrogen-bond donors (Lipinski definition) is 0. The van der Waals surface area contributed by atoms with E-state index >= 15 is 0 Å². The van der Waals surface area contributed by atoms with Gasteiger partial charge < -0.3 is 22.4 Å². The van der Waals surface area contributed by atoms with Gasteiger partial charge in [0.1, 0.15) is 5.75 Å². The van der Waals surface area contributed by atoms with Crippen LogP contribution in [0.4, 0.5) is 12.9 Å². The van der Waals surface area contributed by atoms with Crippen molar-refractivity contribution in [3.8, 4) is 5.75 Å². The average molecular weight is 247 g/mol. The monoisotopic (exact) mass is 247 g/mol. The molecular formula is C11H15BF3O2-. The van der Waals surface area contributed by atoms with Gasteiger partial charge in [-0.1, -0.05) is 12.1 Å². The molecule has 0 aliphatic carbocycles. The van der Waals surface area contributed by atoms with E-state index in [1.807, 2.05) is 0 Å². The summed E-state index contributed by atoms with van der Waals surface area (Å²) in [6.45, 7) is -2.32. The smallest absolute Gasteiger partial charge is 0.493 e. The van der Waals surface area contributed by atoms with Crippen molar-refractivity contribution >= 4 is 12.4 Å². The SMILES string of the molecule is COCCCOc1ccc([B-](F)(F)F)cc1C. The predicted molar refractivity (Wildman–Crippen MR) is 61.9 cm³/mol. The molecule has 0 amide bonds. The van der Waals surface area contributed by atoms with Gasteiger partial charge in [-0.15, -0.1) is 5.46 Å². The van der Waals surface area contributed by atoms with Gasteiger partial charge >= 0.3 is 6.98 Å². The van der Waals surface area contributed by atoms with Crippen molar-refractivity contribution in [3.05, 3.63) is 23.8 Å². The van der Waals surface area contributed by atoms with Crippen molar-refractivity contribution in [1.82, 2.24) is 0 Å². The summed E-state index contributed by atoms with van der Waals surface area (Å²) < 4.78 is 47.6. The van der Waals surface area contributed by atoms with E-state index < -0.39 is 12.4 Å². The molecule has 0 heterocycles. The Morgan fingerprint density at radius 3 is 2.41 bits per heavy atom. The van der Waals surface area contributed by atoms with Crippen LogP contribution in [0.5, 0.6) is 5.75 Å². The highest BCUT2D eigenvalue weighted by molar-refractivity contribution is 6.73. The fraction of sp³-hybridized carbons (Fsp3) is 0.455. The Labute approximate surface area is 98.8 Å². The highest BCUT2D eigenvalue weighted by Gasteiger charge is 2.25. The second-order valence-corrected chi connectivity index (χ2v) is 3.79. The number of hydrogen-bond acceptors (Lipinski definition) is 2. The Bertz CT molecular complexity index is 366. The van der Waals surface area contributed by atoms with Crippen molar-refractivity contribution in [2.24, 2.45) is 0 Å². The van der Waals surface area contributed by atoms with Gasteiger partial charge in [-0.3, -0.25) is 0 Å². The van der Waals surface area contributed by atoms with Gasteiger partial charge in [0, 0.05) is 20.1 Å². The Morgan fingerprint density at radius 2 is 1.88 bits per heavy atom. The molecule has 0 saturated carbocycles. The van der Waals surface area contributed by atoms with Gasteiger partial charge in [0.05, 0.1) is 6.61 Å². The van der Waals surface area contributed by atoms with Crippen molar-refractivity contribution in [1.29, 1.82) is 0 Å². The first-order chi connectivity index (χ1) is 7.95. The van der Waals surface area contributed by atoms with E-state index in [0.29, 0.717) is 30.9 Å². The molecule has 0 aliphatic heterocycles. The van der Waals surface area contributed by atoms with Gasteiger partial charge in [0.25, 0.3) is 0 Å². The Kier molecular flexibility index (Phi) is 4.87. The lowest BCUT2D eigenvalue weighted by Crippen LogP contribution is -2.34. The minimum atomic E-state index is -4.94. The van der Waals surface area contributed by atoms with Crippen LogP contribution < -0.4 is 10.2 Å². The second kappa shape index (κ2) is 5.96. The van der Waals surface area contributed by atoms with Crippen LogP contribution in [0.3, 0.4) is 0 Å². The maximum absolute atomic E-state index is 12.5. The lowest BCUT2D eigenvalue weighted by molar-refractivity contribution is 0.172. The van der Waals surface area contributed by atoms with Crippen molar-refractivity contribution in [3.63, 3.8) is 0 Å². The van der Waals surface area contributed by atoms with Crippen molar-refractivity contribution in [2.45, 2.75) is 13.3 Å². The van der Waals surface area contributed by atoms with Crippen LogP contribution in [0.1, 0.15) is 12.0 Å². The number of rotatable bonds is 6. The lowest BCUT2D eigenvalue weighted by Gasteiger charge is -2.17. The topological polar surface area (TPSA) is 18.5 Å². The minimum absolute atomic E-state index is 0.436. The van der Waals surface area contributed by atoms with E-state index in [4.69, 9.17) is 9.47 Å². The summed E-state index contributed by atoms with van der Waals surface area (Å²) in [6.07, 6.45) is 0.709. The molecule has 0 aromatic heterocycles. The molecule has 0 fully saturated rings. The third kappa shape index (κ3) is 4.30. The number of ether oxygens (including phenoxy) is 2. The summed E-state index contributed by atoms with van der Waals surface area (Å²) in [5.74, 6) is 0.491. The summed E-state index contributed by atoms with van der Waals surface area (Å²) in [5.41, 5.74) is -0.0918. The van der Waals surface area contributed by atoms with E-state index in [9.17, 15) is 12.9 Å². The quantitative estimate of drug-likeness (QED) is 0.567. The first-order valence-corrected chi connectivity index (χ1v) is 5.37. The minimum Gasteiger partial charge on any atom is -0.493 e. The summed E-state index contributed by atoms with van der Waals surface area (Å²) >= 11 is 0. The van der Waals surface area contributed by atoms with Crippen LogP contribution in [-0.2, 0) is 4.74 Å². The first kappa shape index (κ1) is 13.9. The maximum Gasteiger partial charge on any atom is 0.509 e. The zero-order valence-corrected chi connectivity index (χ0v) is 9.88. The third-order valence-electron chi connectivity index (χ3n) is 2.33.